The second-order valence-corrected chi connectivity index (χ2v) is 7.48. The molecule has 1 aromatic rings. The van der Waals surface area contributed by atoms with Gasteiger partial charge in [0.1, 0.15) is 12.1 Å². The van der Waals surface area contributed by atoms with E-state index < -0.39 is 36.6 Å². The monoisotopic (exact) mass is 375 g/mol. The van der Waals surface area contributed by atoms with Crippen molar-refractivity contribution in [2.75, 3.05) is 13.2 Å². The fraction of sp³-hybridized carbons (Fsp3) is 0.579. The number of esters is 1. The van der Waals surface area contributed by atoms with Crippen molar-refractivity contribution in [3.05, 3.63) is 23.0 Å². The van der Waals surface area contributed by atoms with Crippen LogP contribution in [0.25, 0.3) is 0 Å². The molecule has 8 nitrogen and oxygen atoms in total. The SMILES string of the molecule is CCC1(C)NC(=O)N(CC(=O)OCC(=O)c2cc(C)n(C3CC3)c2C)C1=O. The Balaban J connectivity index is 1.58. The standard InChI is InChI=1S/C19H25N3O5/c1-5-19(4)17(25)21(18(26)20-19)9-16(24)27-10-15(23)14-8-11(2)22(12(14)3)13-6-7-13/h8,13H,5-7,9-10H2,1-4H3,(H,20,26). The van der Waals surface area contributed by atoms with Gasteiger partial charge in [0.15, 0.2) is 6.61 Å². The molecule has 0 bridgehead atoms. The molecule has 3 rings (SSSR count). The highest BCUT2D eigenvalue weighted by Crippen LogP contribution is 2.38. The average molecular weight is 375 g/mol. The molecule has 1 aliphatic carbocycles. The van der Waals surface area contributed by atoms with Gasteiger partial charge in [0, 0.05) is 23.0 Å². The molecule has 2 aliphatic rings. The lowest BCUT2D eigenvalue weighted by molar-refractivity contribution is -0.146. The Labute approximate surface area is 157 Å². The largest absolute Gasteiger partial charge is 0.456 e. The normalized spacial score (nSPS) is 22.1. The van der Waals surface area contributed by atoms with Crippen molar-refractivity contribution in [1.29, 1.82) is 0 Å². The van der Waals surface area contributed by atoms with Gasteiger partial charge >= 0.3 is 12.0 Å². The second kappa shape index (κ2) is 6.83. The average Bonchev–Trinajstić information content (AvgIpc) is 3.37. The Bertz CT molecular complexity index is 824. The van der Waals surface area contributed by atoms with Crippen molar-refractivity contribution < 1.29 is 23.9 Å². The predicted molar refractivity (Wildman–Crippen MR) is 96.4 cm³/mol. The Kier molecular flexibility index (Phi) is 4.84. The van der Waals surface area contributed by atoms with Gasteiger partial charge in [-0.05, 0) is 46.1 Å². The van der Waals surface area contributed by atoms with E-state index in [1.165, 1.54) is 0 Å². The number of aryl methyl sites for hydroxylation is 1. The maximum absolute atomic E-state index is 12.4. The third-order valence-electron chi connectivity index (χ3n) is 5.40. The molecule has 146 valence electrons. The van der Waals surface area contributed by atoms with E-state index >= 15 is 0 Å². The van der Waals surface area contributed by atoms with E-state index in [9.17, 15) is 19.2 Å². The Morgan fingerprint density at radius 3 is 2.52 bits per heavy atom. The minimum Gasteiger partial charge on any atom is -0.456 e. The van der Waals surface area contributed by atoms with Crippen LogP contribution in [0.5, 0.6) is 0 Å². The summed E-state index contributed by atoms with van der Waals surface area (Å²) in [6.07, 6.45) is 2.64. The van der Waals surface area contributed by atoms with E-state index in [2.05, 4.69) is 9.88 Å². The number of carbonyl (C=O) groups excluding carboxylic acids is 4. The molecular weight excluding hydrogens is 350 g/mol. The van der Waals surface area contributed by atoms with Gasteiger partial charge in [-0.25, -0.2) is 4.79 Å². The van der Waals surface area contributed by atoms with E-state index in [0.717, 1.165) is 29.1 Å². The Hall–Kier alpha value is -2.64. The van der Waals surface area contributed by atoms with Gasteiger partial charge in [-0.2, -0.15) is 0 Å². The van der Waals surface area contributed by atoms with Gasteiger partial charge in [0.25, 0.3) is 5.91 Å². The first kappa shape index (κ1) is 19.1. The van der Waals surface area contributed by atoms with Crippen LogP contribution in [0.15, 0.2) is 6.07 Å². The van der Waals surface area contributed by atoms with Gasteiger partial charge in [0.2, 0.25) is 5.78 Å². The number of nitrogens with zero attached hydrogens (tertiary/aromatic N) is 2. The number of urea groups is 1. The van der Waals surface area contributed by atoms with Gasteiger partial charge in [-0.15, -0.1) is 0 Å². The Morgan fingerprint density at radius 2 is 1.96 bits per heavy atom. The minimum absolute atomic E-state index is 0.293. The van der Waals surface area contributed by atoms with E-state index in [1.807, 2.05) is 19.9 Å². The Morgan fingerprint density at radius 1 is 1.30 bits per heavy atom. The molecule has 0 aromatic carbocycles. The van der Waals surface area contributed by atoms with Crippen LogP contribution in [-0.2, 0) is 14.3 Å². The van der Waals surface area contributed by atoms with Crippen LogP contribution in [0.3, 0.4) is 0 Å². The lowest BCUT2D eigenvalue weighted by Gasteiger charge is -2.18. The molecular formula is C19H25N3O5. The third-order valence-corrected chi connectivity index (χ3v) is 5.40. The highest BCUT2D eigenvalue weighted by molar-refractivity contribution is 6.08. The number of amides is 3. The number of hydrogen-bond acceptors (Lipinski definition) is 5. The summed E-state index contributed by atoms with van der Waals surface area (Å²) in [6.45, 7) is 6.31. The quantitative estimate of drug-likeness (QED) is 0.446. The first-order valence-electron chi connectivity index (χ1n) is 9.19. The summed E-state index contributed by atoms with van der Waals surface area (Å²) in [5, 5.41) is 2.57. The summed E-state index contributed by atoms with van der Waals surface area (Å²) in [6, 6.07) is 1.65. The predicted octanol–water partition coefficient (Wildman–Crippen LogP) is 1.89. The maximum Gasteiger partial charge on any atom is 0.326 e. The van der Waals surface area contributed by atoms with Gasteiger partial charge in [-0.1, -0.05) is 6.92 Å². The van der Waals surface area contributed by atoms with E-state index in [0.29, 0.717) is 18.0 Å². The summed E-state index contributed by atoms with van der Waals surface area (Å²) in [4.78, 5) is 49.5. The third kappa shape index (κ3) is 3.48. The lowest BCUT2D eigenvalue weighted by atomic mass is 9.99. The number of nitrogens with one attached hydrogen (secondary N) is 1. The number of rotatable bonds is 7. The van der Waals surface area contributed by atoms with Crippen LogP contribution in [0, 0.1) is 13.8 Å². The van der Waals surface area contributed by atoms with Crippen molar-refractivity contribution in [3.8, 4) is 0 Å². The van der Waals surface area contributed by atoms with Gasteiger partial charge < -0.3 is 14.6 Å². The van der Waals surface area contributed by atoms with Gasteiger partial charge in [-0.3, -0.25) is 19.3 Å². The maximum atomic E-state index is 12.4. The summed E-state index contributed by atoms with van der Waals surface area (Å²) in [5.74, 6) is -1.55. The van der Waals surface area contributed by atoms with Crippen molar-refractivity contribution in [2.45, 2.75) is 58.5 Å². The van der Waals surface area contributed by atoms with Crippen LogP contribution < -0.4 is 5.32 Å². The van der Waals surface area contributed by atoms with Crippen LogP contribution in [0.1, 0.15) is 60.9 Å². The van der Waals surface area contributed by atoms with Crippen molar-refractivity contribution in [2.24, 2.45) is 0 Å². The lowest BCUT2D eigenvalue weighted by Crippen LogP contribution is -2.43. The first-order valence-corrected chi connectivity index (χ1v) is 9.19. The molecule has 1 atom stereocenters. The van der Waals surface area contributed by atoms with Gasteiger partial charge in [0.05, 0.1) is 0 Å². The fourth-order valence-electron chi connectivity index (χ4n) is 3.48. The number of hydrogen-bond donors (Lipinski definition) is 1. The summed E-state index contributed by atoms with van der Waals surface area (Å²) in [7, 11) is 0. The fourth-order valence-corrected chi connectivity index (χ4v) is 3.48. The zero-order valence-corrected chi connectivity index (χ0v) is 16.1. The van der Waals surface area contributed by atoms with Crippen LogP contribution in [-0.4, -0.2) is 51.8 Å². The molecule has 8 heteroatoms. The number of carbonyl (C=O) groups is 4. The number of ether oxygens (including phenoxy) is 1. The van der Waals surface area contributed by atoms with E-state index in [4.69, 9.17) is 4.74 Å². The van der Waals surface area contributed by atoms with Crippen molar-refractivity contribution in [1.82, 2.24) is 14.8 Å². The zero-order valence-electron chi connectivity index (χ0n) is 16.1. The van der Waals surface area contributed by atoms with Crippen molar-refractivity contribution in [3.63, 3.8) is 0 Å². The van der Waals surface area contributed by atoms with Crippen molar-refractivity contribution >= 4 is 23.7 Å². The number of aromatic nitrogens is 1. The van der Waals surface area contributed by atoms with Crippen LogP contribution >= 0.6 is 0 Å². The minimum atomic E-state index is -1.01. The number of imide groups is 1. The summed E-state index contributed by atoms with van der Waals surface area (Å²) in [5.41, 5.74) is 1.43. The number of ketones is 1. The molecule has 27 heavy (non-hydrogen) atoms. The highest BCUT2D eigenvalue weighted by Gasteiger charge is 2.47. The van der Waals surface area contributed by atoms with Crippen LogP contribution in [0.2, 0.25) is 0 Å². The second-order valence-electron chi connectivity index (χ2n) is 7.48. The summed E-state index contributed by atoms with van der Waals surface area (Å²) >= 11 is 0. The molecule has 2 heterocycles. The van der Waals surface area contributed by atoms with E-state index in [-0.39, 0.29) is 5.78 Å². The molecule has 0 radical (unpaired) electrons. The summed E-state index contributed by atoms with van der Waals surface area (Å²) < 4.78 is 7.17. The highest BCUT2D eigenvalue weighted by atomic mass is 16.5. The molecule has 1 N–H and O–H groups in total. The van der Waals surface area contributed by atoms with E-state index in [1.54, 1.807) is 13.8 Å². The molecule has 1 aromatic heterocycles. The topological polar surface area (TPSA) is 97.7 Å². The molecule has 1 saturated carbocycles. The molecule has 1 saturated heterocycles. The zero-order chi connectivity index (χ0) is 19.9. The molecule has 2 fully saturated rings. The smallest absolute Gasteiger partial charge is 0.326 e. The molecule has 1 aliphatic heterocycles. The molecule has 3 amide bonds. The molecule has 1 unspecified atom stereocenters. The number of Topliss-reactive ketones (excluding diaryl/α,β-unsaturated/α-hetero) is 1. The first-order chi connectivity index (χ1) is 12.7. The van der Waals surface area contributed by atoms with Crippen LogP contribution in [0.4, 0.5) is 4.79 Å². The molecule has 0 spiro atoms.